The molecule has 1 aliphatic heterocycles. The molecule has 0 unspecified atom stereocenters. The Bertz CT molecular complexity index is 1160. The summed E-state index contributed by atoms with van der Waals surface area (Å²) in [7, 11) is 1.71. The molecule has 1 aliphatic rings. The van der Waals surface area contributed by atoms with Crippen LogP contribution in [0.4, 0.5) is 0 Å². The number of nitrogens with zero attached hydrogens (tertiary/aromatic N) is 2. The molecule has 1 amide bonds. The van der Waals surface area contributed by atoms with Crippen molar-refractivity contribution in [3.05, 3.63) is 83.4 Å². The second-order valence-corrected chi connectivity index (χ2v) is 8.66. The summed E-state index contributed by atoms with van der Waals surface area (Å²) < 4.78 is 8.82. The molecule has 0 atom stereocenters. The number of para-hydroxylation sites is 2. The highest BCUT2D eigenvalue weighted by Gasteiger charge is 2.29. The second-order valence-electron chi connectivity index (χ2n) is 6.98. The van der Waals surface area contributed by atoms with Crippen molar-refractivity contribution in [3.63, 3.8) is 0 Å². The first-order valence-corrected chi connectivity index (χ1v) is 10.9. The van der Waals surface area contributed by atoms with Gasteiger partial charge in [-0.3, -0.25) is 9.69 Å². The lowest BCUT2D eigenvalue weighted by molar-refractivity contribution is -0.121. The molecule has 3 aromatic rings. The van der Waals surface area contributed by atoms with Gasteiger partial charge < -0.3 is 9.30 Å². The maximum Gasteiger partial charge on any atom is 0.265 e. The molecule has 0 N–H and O–H groups in total. The van der Waals surface area contributed by atoms with Crippen LogP contribution in [0.2, 0.25) is 0 Å². The van der Waals surface area contributed by atoms with E-state index in [-0.39, 0.29) is 5.91 Å². The maximum absolute atomic E-state index is 12.4. The van der Waals surface area contributed by atoms with Crippen molar-refractivity contribution >= 4 is 51.2 Å². The van der Waals surface area contributed by atoms with Gasteiger partial charge in [-0.2, -0.15) is 0 Å². The van der Waals surface area contributed by atoms with Gasteiger partial charge in [0.1, 0.15) is 16.7 Å². The van der Waals surface area contributed by atoms with E-state index in [1.807, 2.05) is 42.5 Å². The van der Waals surface area contributed by atoms with Gasteiger partial charge in [0.15, 0.2) is 0 Å². The molecule has 6 heteroatoms. The van der Waals surface area contributed by atoms with Crippen LogP contribution in [0.5, 0.6) is 5.75 Å². The Labute approximate surface area is 185 Å². The lowest BCUT2D eigenvalue weighted by Gasteiger charge is -2.11. The Morgan fingerprint density at radius 3 is 2.70 bits per heavy atom. The molecule has 4 rings (SSSR count). The minimum absolute atomic E-state index is 0.0519. The number of rotatable bonds is 7. The molecule has 152 valence electrons. The van der Waals surface area contributed by atoms with E-state index >= 15 is 0 Å². The summed E-state index contributed by atoms with van der Waals surface area (Å²) in [6.07, 6.45) is 6.67. The fourth-order valence-corrected chi connectivity index (χ4v) is 4.66. The molecule has 2 aromatic carbocycles. The Hall–Kier alpha value is -2.83. The van der Waals surface area contributed by atoms with Crippen LogP contribution in [0.15, 0.2) is 72.3 Å². The number of benzene rings is 2. The zero-order chi connectivity index (χ0) is 21.1. The van der Waals surface area contributed by atoms with Crippen LogP contribution in [0, 0.1) is 0 Å². The average Bonchev–Trinajstić information content (AvgIpc) is 3.22. The Balaban J connectivity index is 1.57. The Morgan fingerprint density at radius 1 is 1.17 bits per heavy atom. The van der Waals surface area contributed by atoms with Crippen LogP contribution >= 0.6 is 24.0 Å². The predicted molar refractivity (Wildman–Crippen MR) is 129 cm³/mol. The topological polar surface area (TPSA) is 34.5 Å². The number of carbonyl (C=O) groups excluding carboxylic acids is 1. The van der Waals surface area contributed by atoms with Gasteiger partial charge in [-0.05, 0) is 30.2 Å². The van der Waals surface area contributed by atoms with Crippen molar-refractivity contribution < 1.29 is 9.53 Å². The van der Waals surface area contributed by atoms with Gasteiger partial charge in [-0.15, -0.1) is 6.58 Å². The van der Waals surface area contributed by atoms with Crippen LogP contribution in [0.25, 0.3) is 17.0 Å². The summed E-state index contributed by atoms with van der Waals surface area (Å²) in [5.74, 6) is 0.838. The molecule has 1 saturated heterocycles. The van der Waals surface area contributed by atoms with Gasteiger partial charge in [0.25, 0.3) is 5.91 Å². The minimum Gasteiger partial charge on any atom is -0.491 e. The monoisotopic (exact) mass is 434 g/mol. The Morgan fingerprint density at radius 2 is 1.93 bits per heavy atom. The zero-order valence-corrected chi connectivity index (χ0v) is 18.3. The number of amides is 1. The number of ether oxygens (including phenoxy) is 1. The van der Waals surface area contributed by atoms with E-state index in [9.17, 15) is 4.79 Å². The quantitative estimate of drug-likeness (QED) is 0.288. The second kappa shape index (κ2) is 8.90. The van der Waals surface area contributed by atoms with Gasteiger partial charge in [0.2, 0.25) is 0 Å². The molecular formula is C24H22N2O2S2. The van der Waals surface area contributed by atoms with Crippen LogP contribution in [-0.4, -0.2) is 33.3 Å². The number of carbonyl (C=O) groups is 1. The fourth-order valence-electron chi connectivity index (χ4n) is 3.48. The minimum atomic E-state index is -0.0519. The molecule has 30 heavy (non-hydrogen) atoms. The summed E-state index contributed by atoms with van der Waals surface area (Å²) in [4.78, 5) is 14.6. The van der Waals surface area contributed by atoms with Gasteiger partial charge in [-0.1, -0.05) is 66.5 Å². The highest BCUT2D eigenvalue weighted by Crippen LogP contribution is 2.33. The average molecular weight is 435 g/mol. The molecule has 1 aromatic heterocycles. The molecule has 0 aliphatic carbocycles. The summed E-state index contributed by atoms with van der Waals surface area (Å²) in [6, 6.07) is 16.2. The molecule has 4 nitrogen and oxygen atoms in total. The molecule has 0 spiro atoms. The summed E-state index contributed by atoms with van der Waals surface area (Å²) >= 11 is 6.59. The number of allylic oxidation sites excluding steroid dienone is 1. The molecule has 0 radical (unpaired) electrons. The number of hydrogen-bond donors (Lipinski definition) is 0. The normalized spacial score (nSPS) is 15.4. The number of likely N-dealkylation sites (N-methyl/N-ethyl adjacent to an activating group) is 1. The predicted octanol–water partition coefficient (Wildman–Crippen LogP) is 5.28. The van der Waals surface area contributed by atoms with Crippen LogP contribution < -0.4 is 4.74 Å². The third-order valence-electron chi connectivity index (χ3n) is 5.02. The standard InChI is InChI=1S/C24H22N2O2S2/c1-3-8-17-9-4-7-12-21(17)28-14-13-26-16-18(19-10-5-6-11-20(19)26)15-22-23(27)25(2)24(29)30-22/h3-7,9-12,15-16H,1,8,13-14H2,2H3/b22-15-. The third-order valence-corrected chi connectivity index (χ3v) is 6.50. The third kappa shape index (κ3) is 4.06. The number of thioether (sulfide) groups is 1. The lowest BCUT2D eigenvalue weighted by atomic mass is 10.1. The van der Waals surface area contributed by atoms with E-state index in [1.54, 1.807) is 7.05 Å². The van der Waals surface area contributed by atoms with Gasteiger partial charge in [0, 0.05) is 29.7 Å². The maximum atomic E-state index is 12.4. The number of thiocarbonyl (C=S) groups is 1. The van der Waals surface area contributed by atoms with Crippen molar-refractivity contribution in [2.75, 3.05) is 13.7 Å². The van der Waals surface area contributed by atoms with Gasteiger partial charge in [-0.25, -0.2) is 0 Å². The van der Waals surface area contributed by atoms with E-state index in [2.05, 4.69) is 35.5 Å². The lowest BCUT2D eigenvalue weighted by Crippen LogP contribution is -2.22. The first kappa shape index (κ1) is 20.4. The van der Waals surface area contributed by atoms with Crippen LogP contribution in [-0.2, 0) is 17.8 Å². The van der Waals surface area contributed by atoms with Gasteiger partial charge in [0.05, 0.1) is 11.4 Å². The summed E-state index contributed by atoms with van der Waals surface area (Å²) in [5, 5.41) is 1.10. The van der Waals surface area contributed by atoms with Crippen molar-refractivity contribution in [2.45, 2.75) is 13.0 Å². The number of hydrogen-bond acceptors (Lipinski definition) is 4. The Kier molecular flexibility index (Phi) is 6.06. The van der Waals surface area contributed by atoms with E-state index in [4.69, 9.17) is 17.0 Å². The van der Waals surface area contributed by atoms with E-state index in [1.165, 1.54) is 16.7 Å². The largest absolute Gasteiger partial charge is 0.491 e. The van der Waals surface area contributed by atoms with E-state index < -0.39 is 0 Å². The smallest absolute Gasteiger partial charge is 0.265 e. The molecular weight excluding hydrogens is 412 g/mol. The van der Waals surface area contributed by atoms with Crippen LogP contribution in [0.3, 0.4) is 0 Å². The number of aromatic nitrogens is 1. The molecule has 0 saturated carbocycles. The first-order chi connectivity index (χ1) is 14.6. The van der Waals surface area contributed by atoms with Crippen molar-refractivity contribution in [1.82, 2.24) is 9.47 Å². The molecule has 2 heterocycles. The van der Waals surface area contributed by atoms with Crippen molar-refractivity contribution in [2.24, 2.45) is 0 Å². The summed E-state index contributed by atoms with van der Waals surface area (Å²) in [6.45, 7) is 5.06. The molecule has 0 bridgehead atoms. The highest BCUT2D eigenvalue weighted by atomic mass is 32.2. The number of fused-ring (bicyclic) bond motifs is 1. The van der Waals surface area contributed by atoms with E-state index in [0.717, 1.165) is 34.2 Å². The summed E-state index contributed by atoms with van der Waals surface area (Å²) in [5.41, 5.74) is 3.25. The zero-order valence-electron chi connectivity index (χ0n) is 16.7. The highest BCUT2D eigenvalue weighted by molar-refractivity contribution is 8.26. The SMILES string of the molecule is C=CCc1ccccc1OCCn1cc(/C=C2\SC(=S)N(C)C2=O)c2ccccc21. The van der Waals surface area contributed by atoms with Crippen molar-refractivity contribution in [1.29, 1.82) is 0 Å². The fraction of sp³-hybridized carbons (Fsp3) is 0.167. The van der Waals surface area contributed by atoms with Crippen LogP contribution in [0.1, 0.15) is 11.1 Å². The first-order valence-electron chi connectivity index (χ1n) is 9.69. The van der Waals surface area contributed by atoms with Gasteiger partial charge >= 0.3 is 0 Å². The molecule has 1 fully saturated rings. The van der Waals surface area contributed by atoms with Crippen molar-refractivity contribution in [3.8, 4) is 5.75 Å². The van der Waals surface area contributed by atoms with E-state index in [0.29, 0.717) is 22.4 Å².